The Hall–Kier alpha value is -1.60. The number of primary sulfonamides is 1. The van der Waals surface area contributed by atoms with Crippen LogP contribution in [0.4, 0.5) is 5.69 Å². The highest BCUT2D eigenvalue weighted by Gasteiger charge is 2.28. The van der Waals surface area contributed by atoms with E-state index in [4.69, 9.17) is 5.14 Å². The van der Waals surface area contributed by atoms with E-state index in [1.54, 1.807) is 17.0 Å². The lowest BCUT2D eigenvalue weighted by molar-refractivity contribution is -0.139. The smallest absolute Gasteiger partial charge is 0.326 e. The van der Waals surface area contributed by atoms with Gasteiger partial charge in [0.1, 0.15) is 6.04 Å². The fourth-order valence-electron chi connectivity index (χ4n) is 2.32. The van der Waals surface area contributed by atoms with Crippen molar-refractivity contribution in [3.8, 4) is 0 Å². The maximum atomic E-state index is 11.2. The van der Waals surface area contributed by atoms with Gasteiger partial charge in [0.05, 0.1) is 4.90 Å². The first-order valence-electron chi connectivity index (χ1n) is 6.02. The Labute approximate surface area is 111 Å². The normalized spacial score (nSPS) is 20.3. The van der Waals surface area contributed by atoms with Gasteiger partial charge in [-0.15, -0.1) is 0 Å². The van der Waals surface area contributed by atoms with Crippen LogP contribution in [0.25, 0.3) is 0 Å². The summed E-state index contributed by atoms with van der Waals surface area (Å²) in [5.41, 5.74) is 0.708. The van der Waals surface area contributed by atoms with Crippen molar-refractivity contribution < 1.29 is 18.3 Å². The van der Waals surface area contributed by atoms with E-state index in [1.165, 1.54) is 12.1 Å². The average Bonchev–Trinajstić information content (AvgIpc) is 2.38. The molecule has 2 rings (SSSR count). The summed E-state index contributed by atoms with van der Waals surface area (Å²) in [6.45, 7) is 0.658. The Kier molecular flexibility index (Phi) is 3.77. The van der Waals surface area contributed by atoms with Gasteiger partial charge < -0.3 is 10.0 Å². The Balaban J connectivity index is 2.28. The molecule has 0 saturated carbocycles. The van der Waals surface area contributed by atoms with Gasteiger partial charge in [-0.2, -0.15) is 0 Å². The third-order valence-corrected chi connectivity index (χ3v) is 4.21. The maximum Gasteiger partial charge on any atom is 0.326 e. The molecule has 0 aromatic heterocycles. The van der Waals surface area contributed by atoms with Gasteiger partial charge in [0.2, 0.25) is 10.0 Å². The van der Waals surface area contributed by atoms with Crippen molar-refractivity contribution in [3.63, 3.8) is 0 Å². The molecule has 1 fully saturated rings. The largest absolute Gasteiger partial charge is 0.480 e. The van der Waals surface area contributed by atoms with Crippen molar-refractivity contribution in [2.45, 2.75) is 30.2 Å². The zero-order valence-corrected chi connectivity index (χ0v) is 11.1. The Bertz CT molecular complexity index is 568. The minimum atomic E-state index is -3.72. The molecule has 1 aromatic rings. The van der Waals surface area contributed by atoms with Crippen molar-refractivity contribution >= 4 is 21.7 Å². The summed E-state index contributed by atoms with van der Waals surface area (Å²) in [6, 6.07) is 5.45. The number of piperidine rings is 1. The molecule has 19 heavy (non-hydrogen) atoms. The van der Waals surface area contributed by atoms with Gasteiger partial charge in [0, 0.05) is 12.2 Å². The highest BCUT2D eigenvalue weighted by Crippen LogP contribution is 2.25. The van der Waals surface area contributed by atoms with Crippen LogP contribution in [-0.4, -0.2) is 32.1 Å². The monoisotopic (exact) mass is 284 g/mol. The van der Waals surface area contributed by atoms with Crippen molar-refractivity contribution in [2.75, 3.05) is 11.4 Å². The van der Waals surface area contributed by atoms with Crippen LogP contribution in [0.15, 0.2) is 29.2 Å². The molecule has 1 heterocycles. The van der Waals surface area contributed by atoms with E-state index < -0.39 is 22.0 Å². The second-order valence-corrected chi connectivity index (χ2v) is 6.14. The topological polar surface area (TPSA) is 101 Å². The van der Waals surface area contributed by atoms with Crippen LogP contribution < -0.4 is 10.0 Å². The zero-order chi connectivity index (χ0) is 14.0. The number of hydrogen-bond donors (Lipinski definition) is 2. The minimum absolute atomic E-state index is 0.0279. The molecule has 1 aromatic carbocycles. The van der Waals surface area contributed by atoms with E-state index in [0.717, 1.165) is 12.8 Å². The van der Waals surface area contributed by atoms with E-state index in [1.807, 2.05) is 0 Å². The van der Waals surface area contributed by atoms with Crippen molar-refractivity contribution in [1.29, 1.82) is 0 Å². The summed E-state index contributed by atoms with van der Waals surface area (Å²) in [4.78, 5) is 13.0. The first-order valence-corrected chi connectivity index (χ1v) is 7.56. The molecular formula is C12H16N2O4S. The quantitative estimate of drug-likeness (QED) is 0.854. The third-order valence-electron chi connectivity index (χ3n) is 3.28. The summed E-state index contributed by atoms with van der Waals surface area (Å²) in [5, 5.41) is 14.2. The second-order valence-electron chi connectivity index (χ2n) is 4.58. The van der Waals surface area contributed by atoms with Crippen LogP contribution in [-0.2, 0) is 14.8 Å². The summed E-state index contributed by atoms with van der Waals surface area (Å²) < 4.78 is 22.3. The van der Waals surface area contributed by atoms with Crippen LogP contribution in [0.3, 0.4) is 0 Å². The molecule has 7 heteroatoms. The molecule has 0 spiro atoms. The summed E-state index contributed by atoms with van der Waals surface area (Å²) >= 11 is 0. The van der Waals surface area contributed by atoms with Crippen LogP contribution in [0, 0.1) is 0 Å². The molecule has 3 N–H and O–H groups in total. The third kappa shape index (κ3) is 3.05. The van der Waals surface area contributed by atoms with Gasteiger partial charge in [-0.1, -0.05) is 0 Å². The number of carboxylic acids is 1. The molecule has 0 aliphatic carbocycles. The summed E-state index contributed by atoms with van der Waals surface area (Å²) in [5.74, 6) is -0.852. The lowest BCUT2D eigenvalue weighted by atomic mass is 10.0. The molecule has 1 unspecified atom stereocenters. The lowest BCUT2D eigenvalue weighted by Crippen LogP contribution is -2.44. The fraction of sp³-hybridized carbons (Fsp3) is 0.417. The van der Waals surface area contributed by atoms with Crippen molar-refractivity contribution in [3.05, 3.63) is 24.3 Å². The highest BCUT2D eigenvalue weighted by atomic mass is 32.2. The predicted molar refractivity (Wildman–Crippen MR) is 70.4 cm³/mol. The molecule has 0 bridgehead atoms. The molecule has 1 saturated heterocycles. The number of carboxylic acid groups (broad SMARTS) is 1. The number of aliphatic carboxylic acids is 1. The van der Waals surface area contributed by atoms with Gasteiger partial charge >= 0.3 is 5.97 Å². The van der Waals surface area contributed by atoms with Crippen LogP contribution >= 0.6 is 0 Å². The van der Waals surface area contributed by atoms with E-state index in [9.17, 15) is 18.3 Å². The molecule has 6 nitrogen and oxygen atoms in total. The van der Waals surface area contributed by atoms with Gasteiger partial charge in [0.15, 0.2) is 0 Å². The molecule has 1 atom stereocenters. The first-order chi connectivity index (χ1) is 8.89. The first kappa shape index (κ1) is 13.8. The van der Waals surface area contributed by atoms with E-state index >= 15 is 0 Å². The predicted octanol–water partition coefficient (Wildman–Crippen LogP) is 0.777. The number of nitrogens with zero attached hydrogens (tertiary/aromatic N) is 1. The van der Waals surface area contributed by atoms with Crippen molar-refractivity contribution in [2.24, 2.45) is 5.14 Å². The molecule has 104 valence electrons. The Morgan fingerprint density at radius 1 is 1.26 bits per heavy atom. The molecule has 0 amide bonds. The van der Waals surface area contributed by atoms with Crippen LogP contribution in [0.5, 0.6) is 0 Å². The number of carbonyl (C=O) groups is 1. The van der Waals surface area contributed by atoms with Gasteiger partial charge in [-0.25, -0.2) is 18.4 Å². The fourth-order valence-corrected chi connectivity index (χ4v) is 2.84. The van der Waals surface area contributed by atoms with E-state index in [-0.39, 0.29) is 4.90 Å². The highest BCUT2D eigenvalue weighted by molar-refractivity contribution is 7.89. The van der Waals surface area contributed by atoms with Gasteiger partial charge in [-0.3, -0.25) is 0 Å². The number of rotatable bonds is 3. The molecular weight excluding hydrogens is 268 g/mol. The summed E-state index contributed by atoms with van der Waals surface area (Å²) in [6.07, 6.45) is 2.43. The van der Waals surface area contributed by atoms with E-state index in [0.29, 0.717) is 18.7 Å². The number of benzene rings is 1. The molecule has 0 radical (unpaired) electrons. The second kappa shape index (κ2) is 5.18. The summed E-state index contributed by atoms with van der Waals surface area (Å²) in [7, 11) is -3.72. The minimum Gasteiger partial charge on any atom is -0.480 e. The molecule has 1 aliphatic heterocycles. The van der Waals surface area contributed by atoms with Crippen LogP contribution in [0.2, 0.25) is 0 Å². The molecule has 1 aliphatic rings. The zero-order valence-electron chi connectivity index (χ0n) is 10.3. The SMILES string of the molecule is NS(=O)(=O)c1ccc(N2CCCCC2C(=O)O)cc1. The van der Waals surface area contributed by atoms with Crippen LogP contribution in [0.1, 0.15) is 19.3 Å². The van der Waals surface area contributed by atoms with Gasteiger partial charge in [0.25, 0.3) is 0 Å². The van der Waals surface area contributed by atoms with Gasteiger partial charge in [-0.05, 0) is 43.5 Å². The van der Waals surface area contributed by atoms with E-state index in [2.05, 4.69) is 0 Å². The standard InChI is InChI=1S/C12H16N2O4S/c13-19(17,18)10-6-4-9(5-7-10)14-8-2-1-3-11(14)12(15)16/h4-7,11H,1-3,8H2,(H,15,16)(H2,13,17,18). The Morgan fingerprint density at radius 2 is 1.89 bits per heavy atom. The number of sulfonamides is 1. The lowest BCUT2D eigenvalue weighted by Gasteiger charge is -2.34. The average molecular weight is 284 g/mol. The van der Waals surface area contributed by atoms with Crippen molar-refractivity contribution in [1.82, 2.24) is 0 Å². The number of nitrogens with two attached hydrogens (primary N) is 1. The maximum absolute atomic E-state index is 11.2. The Morgan fingerprint density at radius 3 is 2.42 bits per heavy atom. The number of anilines is 1. The number of hydrogen-bond acceptors (Lipinski definition) is 4.